The highest BCUT2D eigenvalue weighted by Crippen LogP contribution is 2.25. The summed E-state index contributed by atoms with van der Waals surface area (Å²) >= 11 is 0. The average molecular weight is 216 g/mol. The third-order valence-electron chi connectivity index (χ3n) is 2.55. The molecule has 4 heteroatoms. The number of ether oxygens (including phenoxy) is 1. The number of fused-ring (bicyclic) bond motifs is 1. The minimum atomic E-state index is -0.579. The van der Waals surface area contributed by atoms with Crippen LogP contribution in [0.25, 0.3) is 0 Å². The van der Waals surface area contributed by atoms with Crippen LogP contribution in [-0.4, -0.2) is 19.1 Å². The van der Waals surface area contributed by atoms with Crippen molar-refractivity contribution in [3.63, 3.8) is 0 Å². The molecule has 2 rings (SSSR count). The fourth-order valence-electron chi connectivity index (χ4n) is 1.76. The van der Waals surface area contributed by atoms with Gasteiger partial charge in [0.1, 0.15) is 5.75 Å². The molecule has 82 valence electrons. The van der Waals surface area contributed by atoms with E-state index in [1.807, 2.05) is 12.1 Å². The Morgan fingerprint density at radius 3 is 3.25 bits per heavy atom. The Labute approximate surface area is 93.8 Å². The van der Waals surface area contributed by atoms with Crippen molar-refractivity contribution in [3.8, 4) is 11.8 Å². The molecule has 4 nitrogen and oxygen atoms in total. The second kappa shape index (κ2) is 4.67. The molecular weight excluding hydrogens is 204 g/mol. The van der Waals surface area contributed by atoms with Crippen LogP contribution in [-0.2, 0) is 17.6 Å². The molecule has 0 fully saturated rings. The summed E-state index contributed by atoms with van der Waals surface area (Å²) in [6.07, 6.45) is 1.69. The van der Waals surface area contributed by atoms with Crippen molar-refractivity contribution in [2.45, 2.75) is 12.8 Å². The molecule has 0 atom stereocenters. The van der Waals surface area contributed by atoms with Gasteiger partial charge in [-0.3, -0.25) is 4.79 Å². The molecular formula is C12H12N2O2. The van der Waals surface area contributed by atoms with Crippen LogP contribution >= 0.6 is 0 Å². The van der Waals surface area contributed by atoms with E-state index < -0.39 is 5.91 Å². The van der Waals surface area contributed by atoms with Crippen molar-refractivity contribution < 1.29 is 9.53 Å². The van der Waals surface area contributed by atoms with Gasteiger partial charge in [0.2, 0.25) is 0 Å². The van der Waals surface area contributed by atoms with Gasteiger partial charge >= 0.3 is 5.91 Å². The number of hydrogen-bond donors (Lipinski definition) is 1. The van der Waals surface area contributed by atoms with Crippen LogP contribution in [0.1, 0.15) is 11.1 Å². The number of benzene rings is 1. The summed E-state index contributed by atoms with van der Waals surface area (Å²) in [6.45, 7) is 1.25. The molecule has 0 saturated carbocycles. The average Bonchev–Trinajstić information content (AvgIpc) is 2.76. The van der Waals surface area contributed by atoms with Crippen molar-refractivity contribution in [1.82, 2.24) is 5.32 Å². The first-order valence-corrected chi connectivity index (χ1v) is 5.22. The first-order valence-electron chi connectivity index (χ1n) is 5.22. The van der Waals surface area contributed by atoms with Crippen molar-refractivity contribution >= 4 is 5.91 Å². The fraction of sp³-hybridized carbons (Fsp3) is 0.333. The summed E-state index contributed by atoms with van der Waals surface area (Å²) in [6, 6.07) is 7.57. The molecule has 1 amide bonds. The van der Waals surface area contributed by atoms with E-state index in [2.05, 4.69) is 11.4 Å². The Hall–Kier alpha value is -2.02. The molecule has 1 aliphatic rings. The molecule has 1 aliphatic heterocycles. The van der Waals surface area contributed by atoms with Gasteiger partial charge in [0, 0.05) is 13.0 Å². The molecule has 0 aromatic heterocycles. The maximum absolute atomic E-state index is 10.7. The van der Waals surface area contributed by atoms with E-state index in [1.54, 1.807) is 0 Å². The number of carbonyl (C=O) groups excluding carboxylic acids is 1. The number of amides is 1. The van der Waals surface area contributed by atoms with E-state index in [1.165, 1.54) is 11.6 Å². The van der Waals surface area contributed by atoms with Crippen molar-refractivity contribution in [3.05, 3.63) is 29.3 Å². The zero-order valence-corrected chi connectivity index (χ0v) is 8.82. The van der Waals surface area contributed by atoms with Gasteiger partial charge in [-0.05, 0) is 23.6 Å². The standard InChI is InChI=1S/C12H12N2O2/c13-8-12(15)14-5-3-9-1-2-11-10(7-9)4-6-16-11/h1-2,7H,3-6H2,(H,14,15). The van der Waals surface area contributed by atoms with Gasteiger partial charge in [-0.25, -0.2) is 0 Å². The lowest BCUT2D eigenvalue weighted by atomic mass is 10.1. The van der Waals surface area contributed by atoms with Gasteiger partial charge in [0.25, 0.3) is 0 Å². The monoisotopic (exact) mass is 216 g/mol. The molecule has 0 unspecified atom stereocenters. The molecule has 1 heterocycles. The van der Waals surface area contributed by atoms with E-state index >= 15 is 0 Å². The quantitative estimate of drug-likeness (QED) is 0.760. The molecule has 0 bridgehead atoms. The Balaban J connectivity index is 1.91. The number of nitriles is 1. The lowest BCUT2D eigenvalue weighted by Crippen LogP contribution is -2.23. The molecule has 0 aliphatic carbocycles. The molecule has 0 saturated heterocycles. The van der Waals surface area contributed by atoms with Gasteiger partial charge in [-0.2, -0.15) is 5.26 Å². The van der Waals surface area contributed by atoms with Crippen LogP contribution < -0.4 is 10.1 Å². The van der Waals surface area contributed by atoms with E-state index in [4.69, 9.17) is 10.00 Å². The van der Waals surface area contributed by atoms with Crippen molar-refractivity contribution in [2.75, 3.05) is 13.2 Å². The van der Waals surface area contributed by atoms with Gasteiger partial charge in [0.05, 0.1) is 6.61 Å². The minimum absolute atomic E-state index is 0.492. The number of nitrogens with zero attached hydrogens (tertiary/aromatic N) is 1. The Kier molecular flexibility index (Phi) is 3.06. The summed E-state index contributed by atoms with van der Waals surface area (Å²) in [5.74, 6) is 0.384. The number of hydrogen-bond acceptors (Lipinski definition) is 3. The zero-order valence-electron chi connectivity index (χ0n) is 8.82. The van der Waals surface area contributed by atoms with Crippen LogP contribution in [0.3, 0.4) is 0 Å². The van der Waals surface area contributed by atoms with E-state index in [9.17, 15) is 4.79 Å². The predicted molar refractivity (Wildman–Crippen MR) is 58.0 cm³/mol. The minimum Gasteiger partial charge on any atom is -0.493 e. The lowest BCUT2D eigenvalue weighted by molar-refractivity contribution is -0.115. The van der Waals surface area contributed by atoms with Crippen molar-refractivity contribution in [2.24, 2.45) is 0 Å². The highest BCUT2D eigenvalue weighted by atomic mass is 16.5. The maximum Gasteiger partial charge on any atom is 0.322 e. The summed E-state index contributed by atoms with van der Waals surface area (Å²) < 4.78 is 5.40. The normalized spacial score (nSPS) is 12.4. The molecule has 1 aromatic rings. The smallest absolute Gasteiger partial charge is 0.322 e. The largest absolute Gasteiger partial charge is 0.493 e. The van der Waals surface area contributed by atoms with Crippen LogP contribution in [0.15, 0.2) is 18.2 Å². The SMILES string of the molecule is N#CC(=O)NCCc1ccc2c(c1)CCO2. The Morgan fingerprint density at radius 1 is 1.56 bits per heavy atom. The first kappa shape index (κ1) is 10.5. The number of carbonyl (C=O) groups is 1. The van der Waals surface area contributed by atoms with Crippen molar-refractivity contribution in [1.29, 1.82) is 5.26 Å². The van der Waals surface area contributed by atoms with Gasteiger partial charge in [-0.15, -0.1) is 0 Å². The summed E-state index contributed by atoms with van der Waals surface area (Å²) in [4.78, 5) is 10.7. The van der Waals surface area contributed by atoms with Crippen LogP contribution in [0.5, 0.6) is 5.75 Å². The van der Waals surface area contributed by atoms with Crippen LogP contribution in [0.2, 0.25) is 0 Å². The van der Waals surface area contributed by atoms with E-state index in [-0.39, 0.29) is 0 Å². The lowest BCUT2D eigenvalue weighted by Gasteiger charge is -2.04. The van der Waals surface area contributed by atoms with E-state index in [0.717, 1.165) is 30.8 Å². The second-order valence-corrected chi connectivity index (χ2v) is 3.66. The molecule has 1 N–H and O–H groups in total. The number of rotatable bonds is 3. The van der Waals surface area contributed by atoms with E-state index in [0.29, 0.717) is 6.54 Å². The third-order valence-corrected chi connectivity index (χ3v) is 2.55. The molecule has 0 radical (unpaired) electrons. The molecule has 16 heavy (non-hydrogen) atoms. The fourth-order valence-corrected chi connectivity index (χ4v) is 1.76. The predicted octanol–water partition coefficient (Wildman–Crippen LogP) is 0.804. The number of nitrogens with one attached hydrogen (secondary N) is 1. The van der Waals surface area contributed by atoms with Gasteiger partial charge < -0.3 is 10.1 Å². The Bertz CT molecular complexity index is 449. The molecule has 0 spiro atoms. The van der Waals surface area contributed by atoms with Crippen LogP contribution in [0.4, 0.5) is 0 Å². The maximum atomic E-state index is 10.7. The van der Waals surface area contributed by atoms with Gasteiger partial charge in [-0.1, -0.05) is 12.1 Å². The third kappa shape index (κ3) is 2.31. The zero-order chi connectivity index (χ0) is 11.4. The second-order valence-electron chi connectivity index (χ2n) is 3.66. The molecule has 1 aromatic carbocycles. The van der Waals surface area contributed by atoms with Gasteiger partial charge in [0.15, 0.2) is 6.07 Å². The highest BCUT2D eigenvalue weighted by Gasteiger charge is 2.11. The topological polar surface area (TPSA) is 62.1 Å². The summed E-state index contributed by atoms with van der Waals surface area (Å²) in [5, 5.41) is 10.8. The summed E-state index contributed by atoms with van der Waals surface area (Å²) in [7, 11) is 0. The highest BCUT2D eigenvalue weighted by molar-refractivity contribution is 5.91. The van der Waals surface area contributed by atoms with Crippen LogP contribution in [0, 0.1) is 11.3 Å². The first-order chi connectivity index (χ1) is 7.79. The summed E-state index contributed by atoms with van der Waals surface area (Å²) in [5.41, 5.74) is 2.38. The Morgan fingerprint density at radius 2 is 2.44 bits per heavy atom.